The zero-order chi connectivity index (χ0) is 13.7. The van der Waals surface area contributed by atoms with Crippen LogP contribution in [0.4, 0.5) is 5.69 Å². The van der Waals surface area contributed by atoms with Crippen molar-refractivity contribution in [2.45, 2.75) is 25.3 Å². The van der Waals surface area contributed by atoms with Crippen molar-refractivity contribution in [2.24, 2.45) is 0 Å². The quantitative estimate of drug-likeness (QED) is 0.855. The van der Waals surface area contributed by atoms with Gasteiger partial charge in [-0.15, -0.1) is 0 Å². The molecule has 3 nitrogen and oxygen atoms in total. The normalized spacial score (nSPS) is 16.4. The van der Waals surface area contributed by atoms with Crippen LogP contribution < -0.4 is 4.90 Å². The molecule has 1 fully saturated rings. The van der Waals surface area contributed by atoms with Gasteiger partial charge in [0.05, 0.1) is 0 Å². The van der Waals surface area contributed by atoms with Crippen molar-refractivity contribution in [3.8, 4) is 0 Å². The average Bonchev–Trinajstić information content (AvgIpc) is 2.48. The van der Waals surface area contributed by atoms with Crippen LogP contribution in [0.1, 0.15) is 19.3 Å². The largest absolute Gasteiger partial charge is 0.371 e. The van der Waals surface area contributed by atoms with Crippen LogP contribution in [-0.4, -0.2) is 42.7 Å². The number of benzene rings is 1. The van der Waals surface area contributed by atoms with E-state index in [-0.39, 0.29) is 5.91 Å². The minimum Gasteiger partial charge on any atom is -0.371 e. The molecule has 0 bridgehead atoms. The van der Waals surface area contributed by atoms with Crippen LogP contribution in [0.3, 0.4) is 0 Å². The van der Waals surface area contributed by atoms with Gasteiger partial charge in [0.1, 0.15) is 0 Å². The van der Waals surface area contributed by atoms with E-state index in [9.17, 15) is 4.79 Å². The summed E-state index contributed by atoms with van der Waals surface area (Å²) in [4.78, 5) is 16.2. The zero-order valence-corrected chi connectivity index (χ0v) is 12.4. The number of nitrogens with zero attached hydrogens (tertiary/aromatic N) is 2. The molecule has 1 aromatic carbocycles. The lowest BCUT2D eigenvalue weighted by Gasteiger charge is -2.37. The van der Waals surface area contributed by atoms with E-state index in [0.29, 0.717) is 18.2 Å². The first-order chi connectivity index (χ1) is 9.22. The fourth-order valence-corrected chi connectivity index (χ4v) is 2.82. The van der Waals surface area contributed by atoms with E-state index in [1.807, 2.05) is 18.0 Å². The predicted molar refractivity (Wildman–Crippen MR) is 82.9 cm³/mol. The highest BCUT2D eigenvalue weighted by atomic mass is 32.1. The summed E-state index contributed by atoms with van der Waals surface area (Å²) in [6.07, 6.45) is 2.63. The van der Waals surface area contributed by atoms with Crippen LogP contribution in [0, 0.1) is 0 Å². The number of carbonyl (C=O) groups excluding carboxylic acids is 1. The van der Waals surface area contributed by atoms with Gasteiger partial charge in [-0.25, -0.2) is 0 Å². The minimum atomic E-state index is 0.216. The van der Waals surface area contributed by atoms with Crippen LogP contribution in [0.5, 0.6) is 0 Å². The summed E-state index contributed by atoms with van der Waals surface area (Å²) in [5, 5.41) is 0. The summed E-state index contributed by atoms with van der Waals surface area (Å²) in [7, 11) is 1.93. The van der Waals surface area contributed by atoms with E-state index in [4.69, 9.17) is 0 Å². The Labute approximate surface area is 121 Å². The Morgan fingerprint density at radius 2 is 1.95 bits per heavy atom. The number of thiol groups is 1. The molecule has 0 unspecified atom stereocenters. The van der Waals surface area contributed by atoms with Crippen molar-refractivity contribution in [3.63, 3.8) is 0 Å². The molecule has 1 saturated heterocycles. The molecular formula is C15H22N2OS. The zero-order valence-electron chi connectivity index (χ0n) is 11.5. The van der Waals surface area contributed by atoms with Crippen LogP contribution in [0.25, 0.3) is 0 Å². The maximum atomic E-state index is 11.9. The maximum Gasteiger partial charge on any atom is 0.223 e. The number of para-hydroxylation sites is 1. The number of amides is 1. The smallest absolute Gasteiger partial charge is 0.223 e. The van der Waals surface area contributed by atoms with Crippen molar-refractivity contribution in [3.05, 3.63) is 30.3 Å². The van der Waals surface area contributed by atoms with Crippen molar-refractivity contribution in [2.75, 3.05) is 30.8 Å². The Morgan fingerprint density at radius 1 is 1.32 bits per heavy atom. The van der Waals surface area contributed by atoms with Gasteiger partial charge in [-0.3, -0.25) is 4.79 Å². The highest BCUT2D eigenvalue weighted by Gasteiger charge is 2.24. The Hall–Kier alpha value is -1.16. The van der Waals surface area contributed by atoms with Crippen LogP contribution in [0.2, 0.25) is 0 Å². The summed E-state index contributed by atoms with van der Waals surface area (Å²) < 4.78 is 0. The first-order valence-corrected chi connectivity index (χ1v) is 7.52. The Kier molecular flexibility index (Phi) is 5.14. The number of carbonyl (C=O) groups is 1. The third kappa shape index (κ3) is 3.66. The lowest BCUT2D eigenvalue weighted by atomic mass is 10.0. The molecule has 4 heteroatoms. The summed E-state index contributed by atoms with van der Waals surface area (Å²) in [6.45, 7) is 2.04. The van der Waals surface area contributed by atoms with Crippen molar-refractivity contribution in [1.82, 2.24) is 4.90 Å². The van der Waals surface area contributed by atoms with Gasteiger partial charge in [-0.1, -0.05) is 18.2 Å². The van der Waals surface area contributed by atoms with E-state index < -0.39 is 0 Å². The molecule has 0 aromatic heterocycles. The topological polar surface area (TPSA) is 23.6 Å². The molecule has 2 rings (SSSR count). The molecule has 1 aliphatic rings. The fourth-order valence-electron chi connectivity index (χ4n) is 2.63. The number of piperidine rings is 1. The molecule has 19 heavy (non-hydrogen) atoms. The van der Waals surface area contributed by atoms with E-state index in [1.165, 1.54) is 5.69 Å². The van der Waals surface area contributed by atoms with Gasteiger partial charge < -0.3 is 9.80 Å². The van der Waals surface area contributed by atoms with E-state index in [1.54, 1.807) is 0 Å². The lowest BCUT2D eigenvalue weighted by molar-refractivity contribution is -0.131. The second-order valence-corrected chi connectivity index (χ2v) is 5.48. The summed E-state index contributed by atoms with van der Waals surface area (Å²) >= 11 is 4.12. The van der Waals surface area contributed by atoms with Gasteiger partial charge in [-0.2, -0.15) is 12.6 Å². The highest BCUT2D eigenvalue weighted by Crippen LogP contribution is 2.22. The minimum absolute atomic E-state index is 0.216. The summed E-state index contributed by atoms with van der Waals surface area (Å²) in [5.41, 5.74) is 1.28. The van der Waals surface area contributed by atoms with E-state index >= 15 is 0 Å². The monoisotopic (exact) mass is 278 g/mol. The number of hydrogen-bond donors (Lipinski definition) is 1. The second kappa shape index (κ2) is 6.85. The molecule has 1 amide bonds. The Balaban J connectivity index is 1.87. The number of rotatable bonds is 4. The van der Waals surface area contributed by atoms with Gasteiger partial charge in [0.25, 0.3) is 0 Å². The maximum absolute atomic E-state index is 11.9. The lowest BCUT2D eigenvalue weighted by Crippen LogP contribution is -2.45. The van der Waals surface area contributed by atoms with Gasteiger partial charge in [0.2, 0.25) is 5.91 Å². The number of anilines is 1. The molecule has 1 aromatic rings. The average molecular weight is 278 g/mol. The molecule has 0 radical (unpaired) electrons. The number of hydrogen-bond acceptors (Lipinski definition) is 3. The van der Waals surface area contributed by atoms with E-state index in [0.717, 1.165) is 25.9 Å². The highest BCUT2D eigenvalue weighted by molar-refractivity contribution is 7.80. The van der Waals surface area contributed by atoms with Crippen LogP contribution in [-0.2, 0) is 4.79 Å². The predicted octanol–water partition coefficient (Wildman–Crippen LogP) is 2.43. The fraction of sp³-hybridized carbons (Fsp3) is 0.533. The Bertz CT molecular complexity index is 402. The first-order valence-electron chi connectivity index (χ1n) is 6.89. The molecule has 1 heterocycles. The van der Waals surface area contributed by atoms with Crippen molar-refractivity contribution >= 4 is 24.2 Å². The second-order valence-electron chi connectivity index (χ2n) is 5.03. The molecule has 0 atom stereocenters. The van der Waals surface area contributed by atoms with Gasteiger partial charge >= 0.3 is 0 Å². The molecule has 0 N–H and O–H groups in total. The molecule has 0 saturated carbocycles. The van der Waals surface area contributed by atoms with Crippen molar-refractivity contribution < 1.29 is 4.79 Å². The molecule has 0 spiro atoms. The molecular weight excluding hydrogens is 256 g/mol. The SMILES string of the molecule is CN(C(=O)CCS)C1CCN(c2ccccc2)CC1. The third-order valence-corrected chi connectivity index (χ3v) is 4.08. The molecule has 1 aliphatic heterocycles. The van der Waals surface area contributed by atoms with Gasteiger partial charge in [0.15, 0.2) is 0 Å². The molecule has 0 aliphatic carbocycles. The first kappa shape index (κ1) is 14.3. The van der Waals surface area contributed by atoms with Gasteiger partial charge in [0, 0.05) is 38.3 Å². The summed E-state index contributed by atoms with van der Waals surface area (Å²) in [5.74, 6) is 0.847. The van der Waals surface area contributed by atoms with Gasteiger partial charge in [-0.05, 0) is 30.7 Å². The van der Waals surface area contributed by atoms with Crippen LogP contribution in [0.15, 0.2) is 30.3 Å². The molecule has 104 valence electrons. The van der Waals surface area contributed by atoms with Crippen molar-refractivity contribution in [1.29, 1.82) is 0 Å². The van der Waals surface area contributed by atoms with Crippen LogP contribution >= 0.6 is 12.6 Å². The Morgan fingerprint density at radius 3 is 2.53 bits per heavy atom. The summed E-state index contributed by atoms with van der Waals surface area (Å²) in [6, 6.07) is 10.9. The standard InChI is InChI=1S/C15H22N2OS/c1-16(15(18)9-12-19)13-7-10-17(11-8-13)14-5-3-2-4-6-14/h2-6,13,19H,7-12H2,1H3. The third-order valence-electron chi connectivity index (χ3n) is 3.85. The van der Waals surface area contributed by atoms with E-state index in [2.05, 4.69) is 41.8 Å².